The molecule has 3 heteroatoms. The zero-order chi connectivity index (χ0) is 14.4. The molecule has 0 amide bonds. The fourth-order valence-corrected chi connectivity index (χ4v) is 2.01. The summed E-state index contributed by atoms with van der Waals surface area (Å²) in [6.45, 7) is 7.62. The molecule has 0 fully saturated rings. The minimum absolute atomic E-state index is 0.246. The van der Waals surface area contributed by atoms with Crippen LogP contribution in [0.15, 0.2) is 12.1 Å². The molecule has 19 heavy (non-hydrogen) atoms. The molecular formula is C16H25NO2. The Morgan fingerprint density at radius 3 is 2.42 bits per heavy atom. The lowest BCUT2D eigenvalue weighted by Gasteiger charge is -2.17. The molecule has 1 aromatic carbocycles. The van der Waals surface area contributed by atoms with Crippen molar-refractivity contribution in [2.75, 3.05) is 27.2 Å². The lowest BCUT2D eigenvalue weighted by Crippen LogP contribution is -2.24. The van der Waals surface area contributed by atoms with E-state index >= 15 is 0 Å². The molecule has 0 radical (unpaired) electrons. The number of benzene rings is 1. The van der Waals surface area contributed by atoms with E-state index < -0.39 is 0 Å². The highest BCUT2D eigenvalue weighted by molar-refractivity contribution is 5.75. The standard InChI is InChI=1S/C16H25NO2/c1-12-10-15(16(19-5)11-13(12)2)7-9-17(4)8-6-14(3)18/h10-11H,6-9H2,1-5H3. The summed E-state index contributed by atoms with van der Waals surface area (Å²) in [6, 6.07) is 4.30. The van der Waals surface area contributed by atoms with Crippen molar-refractivity contribution < 1.29 is 9.53 Å². The van der Waals surface area contributed by atoms with Crippen LogP contribution in [0, 0.1) is 13.8 Å². The molecule has 106 valence electrons. The van der Waals surface area contributed by atoms with Crippen LogP contribution in [-0.2, 0) is 11.2 Å². The van der Waals surface area contributed by atoms with Crippen LogP contribution in [0.3, 0.4) is 0 Å². The topological polar surface area (TPSA) is 29.5 Å². The molecule has 0 spiro atoms. The Labute approximate surface area is 116 Å². The summed E-state index contributed by atoms with van der Waals surface area (Å²) >= 11 is 0. The maximum absolute atomic E-state index is 11.0. The number of hydrogen-bond acceptors (Lipinski definition) is 3. The van der Waals surface area contributed by atoms with Crippen LogP contribution >= 0.6 is 0 Å². The van der Waals surface area contributed by atoms with Gasteiger partial charge in [0.25, 0.3) is 0 Å². The van der Waals surface area contributed by atoms with Crippen LogP contribution < -0.4 is 4.74 Å². The number of carbonyl (C=O) groups is 1. The van der Waals surface area contributed by atoms with Crippen LogP contribution in [0.2, 0.25) is 0 Å². The summed E-state index contributed by atoms with van der Waals surface area (Å²) in [4.78, 5) is 13.1. The second-order valence-corrected chi connectivity index (χ2v) is 5.25. The van der Waals surface area contributed by atoms with E-state index in [1.165, 1.54) is 16.7 Å². The van der Waals surface area contributed by atoms with Gasteiger partial charge in [-0.15, -0.1) is 0 Å². The van der Waals surface area contributed by atoms with Gasteiger partial charge in [-0.1, -0.05) is 6.07 Å². The molecule has 0 unspecified atom stereocenters. The molecule has 0 heterocycles. The molecule has 1 aromatic rings. The number of ketones is 1. The number of methoxy groups -OCH3 is 1. The van der Waals surface area contributed by atoms with Crippen molar-refractivity contribution in [3.8, 4) is 5.75 Å². The Hall–Kier alpha value is -1.35. The molecule has 0 aliphatic carbocycles. The van der Waals surface area contributed by atoms with Gasteiger partial charge in [-0.05, 0) is 57.0 Å². The van der Waals surface area contributed by atoms with Gasteiger partial charge in [0.05, 0.1) is 7.11 Å². The predicted molar refractivity (Wildman–Crippen MR) is 79.0 cm³/mol. The Morgan fingerprint density at radius 1 is 1.21 bits per heavy atom. The van der Waals surface area contributed by atoms with E-state index in [0.29, 0.717) is 6.42 Å². The number of ether oxygens (including phenoxy) is 1. The predicted octanol–water partition coefficient (Wildman–Crippen LogP) is 2.77. The van der Waals surface area contributed by atoms with E-state index in [-0.39, 0.29) is 5.78 Å². The molecule has 0 atom stereocenters. The molecule has 0 saturated heterocycles. The number of likely N-dealkylation sites (N-methyl/N-ethyl adjacent to an activating group) is 1. The van der Waals surface area contributed by atoms with Gasteiger partial charge in [0, 0.05) is 19.5 Å². The van der Waals surface area contributed by atoms with E-state index in [9.17, 15) is 4.79 Å². The van der Waals surface area contributed by atoms with Crippen molar-refractivity contribution in [2.45, 2.75) is 33.6 Å². The highest BCUT2D eigenvalue weighted by atomic mass is 16.5. The fraction of sp³-hybridized carbons (Fsp3) is 0.562. The first-order valence-corrected chi connectivity index (χ1v) is 6.76. The highest BCUT2D eigenvalue weighted by Gasteiger charge is 2.08. The monoisotopic (exact) mass is 263 g/mol. The van der Waals surface area contributed by atoms with E-state index in [2.05, 4.69) is 37.9 Å². The minimum Gasteiger partial charge on any atom is -0.496 e. The van der Waals surface area contributed by atoms with Crippen LogP contribution in [-0.4, -0.2) is 37.9 Å². The molecular weight excluding hydrogens is 238 g/mol. The van der Waals surface area contributed by atoms with E-state index in [4.69, 9.17) is 4.74 Å². The minimum atomic E-state index is 0.246. The van der Waals surface area contributed by atoms with Crippen molar-refractivity contribution >= 4 is 5.78 Å². The molecule has 0 aromatic heterocycles. The molecule has 0 N–H and O–H groups in total. The lowest BCUT2D eigenvalue weighted by molar-refractivity contribution is -0.117. The van der Waals surface area contributed by atoms with Crippen LogP contribution in [0.4, 0.5) is 0 Å². The van der Waals surface area contributed by atoms with E-state index in [0.717, 1.165) is 25.3 Å². The van der Waals surface area contributed by atoms with Crippen molar-refractivity contribution in [3.63, 3.8) is 0 Å². The van der Waals surface area contributed by atoms with Crippen LogP contribution in [0.5, 0.6) is 5.75 Å². The largest absolute Gasteiger partial charge is 0.496 e. The highest BCUT2D eigenvalue weighted by Crippen LogP contribution is 2.23. The molecule has 0 aliphatic heterocycles. The number of rotatable bonds is 7. The van der Waals surface area contributed by atoms with Gasteiger partial charge in [-0.2, -0.15) is 0 Å². The summed E-state index contributed by atoms with van der Waals surface area (Å²) in [5.74, 6) is 1.21. The number of nitrogens with zero attached hydrogens (tertiary/aromatic N) is 1. The van der Waals surface area contributed by atoms with Gasteiger partial charge >= 0.3 is 0 Å². The molecule has 1 rings (SSSR count). The fourth-order valence-electron chi connectivity index (χ4n) is 2.01. The Kier molecular flexibility index (Phi) is 6.03. The molecule has 0 saturated carbocycles. The number of carbonyl (C=O) groups excluding carboxylic acids is 1. The van der Waals surface area contributed by atoms with Crippen LogP contribution in [0.1, 0.15) is 30.0 Å². The average Bonchev–Trinajstić information content (AvgIpc) is 2.37. The Bertz CT molecular complexity index is 441. The van der Waals surface area contributed by atoms with Gasteiger partial charge < -0.3 is 9.64 Å². The summed E-state index contributed by atoms with van der Waals surface area (Å²) in [5.41, 5.74) is 3.79. The first-order valence-electron chi connectivity index (χ1n) is 6.76. The van der Waals surface area contributed by atoms with Crippen molar-refractivity contribution in [1.82, 2.24) is 4.90 Å². The second kappa shape index (κ2) is 7.29. The zero-order valence-corrected chi connectivity index (χ0v) is 12.7. The number of aryl methyl sites for hydroxylation is 2. The third-order valence-electron chi connectivity index (χ3n) is 3.51. The average molecular weight is 263 g/mol. The van der Waals surface area contributed by atoms with Crippen molar-refractivity contribution in [2.24, 2.45) is 0 Å². The first kappa shape index (κ1) is 15.7. The van der Waals surface area contributed by atoms with Crippen LogP contribution in [0.25, 0.3) is 0 Å². The molecule has 0 bridgehead atoms. The maximum atomic E-state index is 11.0. The smallest absolute Gasteiger partial charge is 0.131 e. The van der Waals surface area contributed by atoms with Crippen molar-refractivity contribution in [3.05, 3.63) is 28.8 Å². The normalized spacial score (nSPS) is 10.8. The van der Waals surface area contributed by atoms with E-state index in [1.54, 1.807) is 14.0 Å². The summed E-state index contributed by atoms with van der Waals surface area (Å²) < 4.78 is 5.44. The summed E-state index contributed by atoms with van der Waals surface area (Å²) in [5, 5.41) is 0. The van der Waals surface area contributed by atoms with Gasteiger partial charge in [0.1, 0.15) is 11.5 Å². The third-order valence-corrected chi connectivity index (χ3v) is 3.51. The second-order valence-electron chi connectivity index (χ2n) is 5.25. The lowest BCUT2D eigenvalue weighted by atomic mass is 10.0. The summed E-state index contributed by atoms with van der Waals surface area (Å²) in [7, 11) is 3.77. The maximum Gasteiger partial charge on any atom is 0.131 e. The van der Waals surface area contributed by atoms with E-state index in [1.807, 2.05) is 0 Å². The Balaban J connectivity index is 2.61. The zero-order valence-electron chi connectivity index (χ0n) is 12.7. The SMILES string of the molecule is COc1cc(C)c(C)cc1CCN(C)CCC(C)=O. The van der Waals surface area contributed by atoms with Gasteiger partial charge in [-0.25, -0.2) is 0 Å². The summed E-state index contributed by atoms with van der Waals surface area (Å²) in [6.07, 6.45) is 1.57. The number of Topliss-reactive ketones (excluding diaryl/α,β-unsaturated/α-hetero) is 1. The molecule has 0 aliphatic rings. The molecule has 3 nitrogen and oxygen atoms in total. The van der Waals surface area contributed by atoms with Gasteiger partial charge in [0.15, 0.2) is 0 Å². The third kappa shape index (κ3) is 5.03. The van der Waals surface area contributed by atoms with Gasteiger partial charge in [-0.3, -0.25) is 4.79 Å². The first-order chi connectivity index (χ1) is 8.93. The Morgan fingerprint density at radius 2 is 1.84 bits per heavy atom. The van der Waals surface area contributed by atoms with Gasteiger partial charge in [0.2, 0.25) is 0 Å². The van der Waals surface area contributed by atoms with Crippen molar-refractivity contribution in [1.29, 1.82) is 0 Å². The quantitative estimate of drug-likeness (QED) is 0.757. The number of hydrogen-bond donors (Lipinski definition) is 0.